The van der Waals surface area contributed by atoms with E-state index >= 15 is 0 Å². The fourth-order valence-electron chi connectivity index (χ4n) is 2.97. The van der Waals surface area contributed by atoms with Gasteiger partial charge in [-0.3, -0.25) is 0 Å². The molecule has 2 fully saturated rings. The Morgan fingerprint density at radius 2 is 1.88 bits per heavy atom. The Morgan fingerprint density at radius 1 is 1.06 bits per heavy atom. The smallest absolute Gasteiger partial charge is 0.0808 e. The van der Waals surface area contributed by atoms with Crippen LogP contribution in [0.25, 0.3) is 0 Å². The van der Waals surface area contributed by atoms with Gasteiger partial charge >= 0.3 is 0 Å². The summed E-state index contributed by atoms with van der Waals surface area (Å²) in [6.07, 6.45) is 10.9. The first-order valence-electron chi connectivity index (χ1n) is 7.30. The molecule has 100 valence electrons. The molecule has 1 N–H and O–H groups in total. The molecule has 1 heterocycles. The molecule has 0 aromatic heterocycles. The number of hydrogen-bond acceptors (Lipinski definition) is 3. The monoisotopic (exact) mass is 241 g/mol. The number of hydrogen-bond donors (Lipinski definition) is 1. The molecule has 0 spiro atoms. The van der Waals surface area contributed by atoms with Crippen LogP contribution in [0.5, 0.6) is 0 Å². The summed E-state index contributed by atoms with van der Waals surface area (Å²) in [4.78, 5) is 0. The molecule has 3 nitrogen and oxygen atoms in total. The highest BCUT2D eigenvalue weighted by Gasteiger charge is 2.24. The number of rotatable bonds is 4. The van der Waals surface area contributed by atoms with Gasteiger partial charge in [0.2, 0.25) is 0 Å². The van der Waals surface area contributed by atoms with Crippen molar-refractivity contribution in [2.45, 2.75) is 69.6 Å². The Balaban J connectivity index is 1.74. The van der Waals surface area contributed by atoms with E-state index in [0.717, 1.165) is 13.2 Å². The van der Waals surface area contributed by atoms with Crippen molar-refractivity contribution >= 4 is 0 Å². The second kappa shape index (κ2) is 7.34. The van der Waals surface area contributed by atoms with Gasteiger partial charge in [0, 0.05) is 12.6 Å². The van der Waals surface area contributed by atoms with Crippen LogP contribution in [0, 0.1) is 0 Å². The molecule has 3 unspecified atom stereocenters. The summed E-state index contributed by atoms with van der Waals surface area (Å²) in [6.45, 7) is 1.72. The molecule has 1 saturated heterocycles. The molecule has 2 rings (SSSR count). The van der Waals surface area contributed by atoms with Crippen LogP contribution < -0.4 is 5.32 Å². The van der Waals surface area contributed by atoms with E-state index < -0.39 is 0 Å². The van der Waals surface area contributed by atoms with Gasteiger partial charge in [0.15, 0.2) is 0 Å². The SMILES string of the molecule is CNC1CCCCCC1OCC1CCCCO1. The van der Waals surface area contributed by atoms with Gasteiger partial charge in [0.05, 0.1) is 18.8 Å². The lowest BCUT2D eigenvalue weighted by Gasteiger charge is -2.28. The Labute approximate surface area is 105 Å². The molecule has 17 heavy (non-hydrogen) atoms. The maximum absolute atomic E-state index is 6.12. The summed E-state index contributed by atoms with van der Waals surface area (Å²) in [6, 6.07) is 0.543. The standard InChI is InChI=1S/C14H27NO2/c1-15-13-8-3-2-4-9-14(13)17-11-12-7-5-6-10-16-12/h12-15H,2-11H2,1H3. The van der Waals surface area contributed by atoms with Crippen molar-refractivity contribution in [2.75, 3.05) is 20.3 Å². The van der Waals surface area contributed by atoms with Gasteiger partial charge in [-0.15, -0.1) is 0 Å². The lowest BCUT2D eigenvalue weighted by Crippen LogP contribution is -2.40. The predicted octanol–water partition coefficient (Wildman–Crippen LogP) is 2.49. The van der Waals surface area contributed by atoms with Crippen LogP contribution in [0.2, 0.25) is 0 Å². The van der Waals surface area contributed by atoms with Gasteiger partial charge in [-0.25, -0.2) is 0 Å². The van der Waals surface area contributed by atoms with Crippen LogP contribution in [0.4, 0.5) is 0 Å². The van der Waals surface area contributed by atoms with Crippen LogP contribution in [-0.4, -0.2) is 38.5 Å². The fourth-order valence-corrected chi connectivity index (χ4v) is 2.97. The predicted molar refractivity (Wildman–Crippen MR) is 69.3 cm³/mol. The lowest BCUT2D eigenvalue weighted by molar-refractivity contribution is -0.0715. The molecule has 1 saturated carbocycles. The first-order chi connectivity index (χ1) is 8.40. The van der Waals surface area contributed by atoms with Crippen molar-refractivity contribution in [3.63, 3.8) is 0 Å². The Bertz CT molecular complexity index is 204. The first-order valence-corrected chi connectivity index (χ1v) is 7.30. The summed E-state index contributed by atoms with van der Waals surface area (Å²) in [5.41, 5.74) is 0. The van der Waals surface area contributed by atoms with Crippen molar-refractivity contribution in [3.8, 4) is 0 Å². The fraction of sp³-hybridized carbons (Fsp3) is 1.00. The van der Waals surface area contributed by atoms with Gasteiger partial charge in [-0.2, -0.15) is 0 Å². The summed E-state index contributed by atoms with van der Waals surface area (Å²) in [5.74, 6) is 0. The maximum Gasteiger partial charge on any atom is 0.0808 e. The zero-order chi connectivity index (χ0) is 11.9. The molecule has 3 heteroatoms. The Kier molecular flexibility index (Phi) is 5.75. The minimum Gasteiger partial charge on any atom is -0.376 e. The third-order valence-electron chi connectivity index (χ3n) is 4.09. The van der Waals surface area contributed by atoms with Gasteiger partial charge in [-0.1, -0.05) is 19.3 Å². The van der Waals surface area contributed by atoms with Crippen molar-refractivity contribution in [1.82, 2.24) is 5.32 Å². The summed E-state index contributed by atoms with van der Waals surface area (Å²) < 4.78 is 11.8. The molecular formula is C14H27NO2. The minimum atomic E-state index is 0.351. The topological polar surface area (TPSA) is 30.5 Å². The Morgan fingerprint density at radius 3 is 2.65 bits per heavy atom. The second-order valence-corrected chi connectivity index (χ2v) is 5.39. The van der Waals surface area contributed by atoms with Crippen LogP contribution in [-0.2, 0) is 9.47 Å². The van der Waals surface area contributed by atoms with Crippen LogP contribution >= 0.6 is 0 Å². The van der Waals surface area contributed by atoms with Crippen LogP contribution in [0.15, 0.2) is 0 Å². The third-order valence-corrected chi connectivity index (χ3v) is 4.09. The zero-order valence-corrected chi connectivity index (χ0v) is 11.1. The highest BCUT2D eigenvalue weighted by atomic mass is 16.5. The maximum atomic E-state index is 6.12. The molecule has 0 amide bonds. The van der Waals surface area contributed by atoms with E-state index in [-0.39, 0.29) is 0 Å². The first kappa shape index (κ1) is 13.3. The van der Waals surface area contributed by atoms with Crippen molar-refractivity contribution < 1.29 is 9.47 Å². The molecule has 2 aliphatic rings. The molecule has 1 aliphatic carbocycles. The van der Waals surface area contributed by atoms with E-state index in [9.17, 15) is 0 Å². The van der Waals surface area contributed by atoms with Crippen LogP contribution in [0.3, 0.4) is 0 Å². The number of likely N-dealkylation sites (N-methyl/N-ethyl adjacent to an activating group) is 1. The average molecular weight is 241 g/mol. The van der Waals surface area contributed by atoms with Crippen molar-refractivity contribution in [3.05, 3.63) is 0 Å². The average Bonchev–Trinajstić information content (AvgIpc) is 2.62. The lowest BCUT2D eigenvalue weighted by atomic mass is 10.1. The van der Waals surface area contributed by atoms with E-state index in [1.54, 1.807) is 0 Å². The second-order valence-electron chi connectivity index (χ2n) is 5.39. The van der Waals surface area contributed by atoms with E-state index in [1.165, 1.54) is 51.4 Å². The third kappa shape index (κ3) is 4.23. The highest BCUT2D eigenvalue weighted by Crippen LogP contribution is 2.22. The summed E-state index contributed by atoms with van der Waals surface area (Å²) in [7, 11) is 2.06. The van der Waals surface area contributed by atoms with Gasteiger partial charge in [0.25, 0.3) is 0 Å². The van der Waals surface area contributed by atoms with E-state index in [4.69, 9.17) is 9.47 Å². The summed E-state index contributed by atoms with van der Waals surface area (Å²) in [5, 5.41) is 3.42. The largest absolute Gasteiger partial charge is 0.376 e. The van der Waals surface area contributed by atoms with Gasteiger partial charge < -0.3 is 14.8 Å². The number of ether oxygens (including phenoxy) is 2. The van der Waals surface area contributed by atoms with Gasteiger partial charge in [-0.05, 0) is 39.2 Å². The molecule has 0 aromatic rings. The van der Waals surface area contributed by atoms with Crippen LogP contribution in [0.1, 0.15) is 51.4 Å². The van der Waals surface area contributed by atoms with E-state index in [0.29, 0.717) is 18.2 Å². The Hall–Kier alpha value is -0.120. The molecule has 0 radical (unpaired) electrons. The molecule has 0 aromatic carbocycles. The van der Waals surface area contributed by atoms with Crippen molar-refractivity contribution in [1.29, 1.82) is 0 Å². The highest BCUT2D eigenvalue weighted by molar-refractivity contribution is 4.79. The summed E-state index contributed by atoms with van der Waals surface area (Å²) >= 11 is 0. The van der Waals surface area contributed by atoms with E-state index in [1.807, 2.05) is 0 Å². The number of nitrogens with one attached hydrogen (secondary N) is 1. The van der Waals surface area contributed by atoms with E-state index in [2.05, 4.69) is 12.4 Å². The van der Waals surface area contributed by atoms with Crippen molar-refractivity contribution in [2.24, 2.45) is 0 Å². The molecule has 3 atom stereocenters. The van der Waals surface area contributed by atoms with Gasteiger partial charge in [0.1, 0.15) is 0 Å². The molecular weight excluding hydrogens is 214 g/mol. The molecule has 0 bridgehead atoms. The normalized spacial score (nSPS) is 35.5. The molecule has 1 aliphatic heterocycles. The minimum absolute atomic E-state index is 0.351. The zero-order valence-electron chi connectivity index (χ0n) is 11.1. The quantitative estimate of drug-likeness (QED) is 0.767.